The van der Waals surface area contributed by atoms with Crippen molar-refractivity contribution in [3.63, 3.8) is 0 Å². The fourth-order valence-corrected chi connectivity index (χ4v) is 2.22. The number of carboxylic acids is 1. The molecule has 1 aromatic rings. The Morgan fingerprint density at radius 1 is 1.13 bits per heavy atom. The molecule has 23 heavy (non-hydrogen) atoms. The molecule has 0 aliphatic rings. The predicted molar refractivity (Wildman–Crippen MR) is 87.0 cm³/mol. The van der Waals surface area contributed by atoms with Crippen LogP contribution in [-0.4, -0.2) is 52.8 Å². The average Bonchev–Trinajstić information content (AvgIpc) is 2.51. The molecule has 6 heteroatoms. The lowest BCUT2D eigenvalue weighted by atomic mass is 10.1. The van der Waals surface area contributed by atoms with Gasteiger partial charge in [0.2, 0.25) is 5.91 Å². The summed E-state index contributed by atoms with van der Waals surface area (Å²) in [5.41, 5.74) is 1.36. The highest BCUT2D eigenvalue weighted by Gasteiger charge is 2.17. The largest absolute Gasteiger partial charge is 0.480 e. The van der Waals surface area contributed by atoms with Crippen LogP contribution in [0, 0.1) is 5.92 Å². The molecule has 0 saturated carbocycles. The molecule has 1 aromatic carbocycles. The SMILES string of the molecule is CCN(CC(=O)O)C(=O)c1ccc(CN(C)C(=O)C(C)C)cc1. The molecule has 0 fully saturated rings. The van der Waals surface area contributed by atoms with Crippen LogP contribution in [0.15, 0.2) is 24.3 Å². The molecule has 2 amide bonds. The van der Waals surface area contributed by atoms with E-state index >= 15 is 0 Å². The van der Waals surface area contributed by atoms with E-state index in [0.29, 0.717) is 18.7 Å². The number of carbonyl (C=O) groups excluding carboxylic acids is 2. The first-order chi connectivity index (χ1) is 10.8. The Morgan fingerprint density at radius 3 is 2.13 bits per heavy atom. The monoisotopic (exact) mass is 320 g/mol. The van der Waals surface area contributed by atoms with Crippen LogP contribution in [0.2, 0.25) is 0 Å². The molecule has 0 heterocycles. The fourth-order valence-electron chi connectivity index (χ4n) is 2.22. The van der Waals surface area contributed by atoms with Gasteiger partial charge in [-0.1, -0.05) is 26.0 Å². The van der Waals surface area contributed by atoms with E-state index in [2.05, 4.69) is 0 Å². The van der Waals surface area contributed by atoms with Crippen LogP contribution in [0.25, 0.3) is 0 Å². The third-order valence-electron chi connectivity index (χ3n) is 3.49. The first-order valence-electron chi connectivity index (χ1n) is 7.61. The molecule has 0 spiro atoms. The predicted octanol–water partition coefficient (Wildman–Crippen LogP) is 1.85. The van der Waals surface area contributed by atoms with E-state index in [1.165, 1.54) is 4.90 Å². The van der Waals surface area contributed by atoms with Crippen molar-refractivity contribution in [2.45, 2.75) is 27.3 Å². The summed E-state index contributed by atoms with van der Waals surface area (Å²) in [6.07, 6.45) is 0. The molecule has 1 rings (SSSR count). The van der Waals surface area contributed by atoms with E-state index in [0.717, 1.165) is 5.56 Å². The summed E-state index contributed by atoms with van der Waals surface area (Å²) in [5, 5.41) is 8.82. The molecule has 0 radical (unpaired) electrons. The third-order valence-corrected chi connectivity index (χ3v) is 3.49. The number of carboxylic acid groups (broad SMARTS) is 1. The summed E-state index contributed by atoms with van der Waals surface area (Å²) in [5.74, 6) is -1.35. The quantitative estimate of drug-likeness (QED) is 0.831. The first kappa shape index (κ1) is 18.7. The number of likely N-dealkylation sites (N-methyl/N-ethyl adjacent to an activating group) is 1. The van der Waals surface area contributed by atoms with Gasteiger partial charge in [0.1, 0.15) is 6.54 Å². The summed E-state index contributed by atoms with van der Waals surface area (Å²) < 4.78 is 0. The Hall–Kier alpha value is -2.37. The van der Waals surface area contributed by atoms with Gasteiger partial charge < -0.3 is 14.9 Å². The van der Waals surface area contributed by atoms with E-state index in [-0.39, 0.29) is 24.3 Å². The van der Waals surface area contributed by atoms with Gasteiger partial charge in [0.25, 0.3) is 5.91 Å². The van der Waals surface area contributed by atoms with Gasteiger partial charge in [-0.3, -0.25) is 14.4 Å². The maximum atomic E-state index is 12.2. The normalized spacial score (nSPS) is 10.5. The van der Waals surface area contributed by atoms with Gasteiger partial charge in [0.05, 0.1) is 0 Å². The van der Waals surface area contributed by atoms with Gasteiger partial charge in [0, 0.05) is 31.6 Å². The Morgan fingerprint density at radius 2 is 1.70 bits per heavy atom. The maximum Gasteiger partial charge on any atom is 0.323 e. The zero-order valence-electron chi connectivity index (χ0n) is 14.1. The van der Waals surface area contributed by atoms with Gasteiger partial charge in [0.15, 0.2) is 0 Å². The van der Waals surface area contributed by atoms with E-state index in [4.69, 9.17) is 5.11 Å². The molecule has 0 atom stereocenters. The second kappa shape index (κ2) is 8.31. The summed E-state index contributed by atoms with van der Waals surface area (Å²) in [6, 6.07) is 6.89. The molecular formula is C17H24N2O4. The van der Waals surface area contributed by atoms with Crippen molar-refractivity contribution in [2.75, 3.05) is 20.1 Å². The second-order valence-corrected chi connectivity index (χ2v) is 5.76. The number of amides is 2. The van der Waals surface area contributed by atoms with Gasteiger partial charge in [-0.25, -0.2) is 0 Å². The summed E-state index contributed by atoms with van der Waals surface area (Å²) in [6.45, 7) is 5.92. The Kier molecular flexibility index (Phi) is 6.75. The van der Waals surface area contributed by atoms with Gasteiger partial charge >= 0.3 is 5.97 Å². The lowest BCUT2D eigenvalue weighted by molar-refractivity contribution is -0.137. The van der Waals surface area contributed by atoms with Gasteiger partial charge in [-0.05, 0) is 24.6 Å². The van der Waals surface area contributed by atoms with E-state index in [9.17, 15) is 14.4 Å². The molecule has 0 unspecified atom stereocenters. The first-order valence-corrected chi connectivity index (χ1v) is 7.61. The highest BCUT2D eigenvalue weighted by atomic mass is 16.4. The molecular weight excluding hydrogens is 296 g/mol. The number of hydrogen-bond acceptors (Lipinski definition) is 3. The minimum Gasteiger partial charge on any atom is -0.480 e. The molecule has 126 valence electrons. The fraction of sp³-hybridized carbons (Fsp3) is 0.471. The number of benzene rings is 1. The Balaban J connectivity index is 2.78. The van der Waals surface area contributed by atoms with Crippen molar-refractivity contribution < 1.29 is 19.5 Å². The van der Waals surface area contributed by atoms with Crippen LogP contribution in [0.4, 0.5) is 0 Å². The topological polar surface area (TPSA) is 77.9 Å². The summed E-state index contributed by atoms with van der Waals surface area (Å²) >= 11 is 0. The smallest absolute Gasteiger partial charge is 0.323 e. The molecule has 1 N–H and O–H groups in total. The average molecular weight is 320 g/mol. The van der Waals surface area contributed by atoms with E-state index in [1.807, 2.05) is 13.8 Å². The second-order valence-electron chi connectivity index (χ2n) is 5.76. The molecule has 0 aliphatic heterocycles. The standard InChI is InChI=1S/C17H24N2O4/c1-5-19(11-15(20)21)17(23)14-8-6-13(7-9-14)10-18(4)16(22)12(2)3/h6-9,12H,5,10-11H2,1-4H3,(H,20,21). The van der Waals surface area contributed by atoms with Gasteiger partial charge in [-0.15, -0.1) is 0 Å². The highest BCUT2D eigenvalue weighted by Crippen LogP contribution is 2.11. The zero-order chi connectivity index (χ0) is 17.6. The lowest BCUT2D eigenvalue weighted by Crippen LogP contribution is -2.35. The summed E-state index contributed by atoms with van der Waals surface area (Å²) in [4.78, 5) is 37.8. The molecule has 0 saturated heterocycles. The van der Waals surface area contributed by atoms with Crippen LogP contribution < -0.4 is 0 Å². The molecule has 0 aromatic heterocycles. The van der Waals surface area contributed by atoms with Crippen molar-refractivity contribution in [1.82, 2.24) is 9.80 Å². The van der Waals surface area contributed by atoms with Crippen LogP contribution in [0.1, 0.15) is 36.7 Å². The van der Waals surface area contributed by atoms with Crippen molar-refractivity contribution in [3.05, 3.63) is 35.4 Å². The minimum atomic E-state index is -1.04. The number of carbonyl (C=O) groups is 3. The molecule has 0 aliphatic carbocycles. The molecule has 0 bridgehead atoms. The number of nitrogens with zero attached hydrogens (tertiary/aromatic N) is 2. The van der Waals surface area contributed by atoms with Crippen molar-refractivity contribution in [1.29, 1.82) is 0 Å². The minimum absolute atomic E-state index is 0.0590. The third kappa shape index (κ3) is 5.39. The molecule has 6 nitrogen and oxygen atoms in total. The van der Waals surface area contributed by atoms with Gasteiger partial charge in [-0.2, -0.15) is 0 Å². The van der Waals surface area contributed by atoms with Crippen LogP contribution in [-0.2, 0) is 16.1 Å². The van der Waals surface area contributed by atoms with Crippen LogP contribution >= 0.6 is 0 Å². The van der Waals surface area contributed by atoms with E-state index < -0.39 is 5.97 Å². The van der Waals surface area contributed by atoms with Crippen LogP contribution in [0.3, 0.4) is 0 Å². The highest BCUT2D eigenvalue weighted by molar-refractivity contribution is 5.95. The van der Waals surface area contributed by atoms with Crippen molar-refractivity contribution >= 4 is 17.8 Å². The zero-order valence-corrected chi connectivity index (χ0v) is 14.1. The number of hydrogen-bond donors (Lipinski definition) is 1. The lowest BCUT2D eigenvalue weighted by Gasteiger charge is -2.20. The summed E-state index contributed by atoms with van der Waals surface area (Å²) in [7, 11) is 1.74. The number of aliphatic carboxylic acids is 1. The van der Waals surface area contributed by atoms with Crippen molar-refractivity contribution in [3.8, 4) is 0 Å². The Bertz CT molecular complexity index is 566. The van der Waals surface area contributed by atoms with E-state index in [1.54, 1.807) is 43.1 Å². The Labute approximate surface area is 136 Å². The maximum absolute atomic E-state index is 12.2. The number of rotatable bonds is 7. The van der Waals surface area contributed by atoms with Crippen LogP contribution in [0.5, 0.6) is 0 Å². The van der Waals surface area contributed by atoms with Crippen molar-refractivity contribution in [2.24, 2.45) is 5.92 Å².